The Balaban J connectivity index is 2.08. The smallest absolute Gasteiger partial charge is 0.236 e. The minimum absolute atomic E-state index is 0.0205. The van der Waals surface area contributed by atoms with Crippen molar-refractivity contribution in [3.8, 4) is 6.07 Å². The molecule has 1 saturated carbocycles. The van der Waals surface area contributed by atoms with Gasteiger partial charge in [-0.1, -0.05) is 6.07 Å². The number of benzene rings is 1. The molecule has 1 aromatic carbocycles. The average molecular weight is 254 g/mol. The molecule has 4 nitrogen and oxygen atoms in total. The minimum Gasteiger partial charge on any atom is -0.274 e. The lowest BCUT2D eigenvalue weighted by Crippen LogP contribution is -2.46. The van der Waals surface area contributed by atoms with Gasteiger partial charge in [0, 0.05) is 11.8 Å². The Hall–Kier alpha value is -2.15. The molecule has 4 heteroatoms. The second-order valence-corrected chi connectivity index (χ2v) is 5.33. The van der Waals surface area contributed by atoms with Gasteiger partial charge in [-0.3, -0.25) is 9.59 Å². The summed E-state index contributed by atoms with van der Waals surface area (Å²) < 4.78 is 0. The van der Waals surface area contributed by atoms with Crippen molar-refractivity contribution in [2.75, 3.05) is 4.90 Å². The Bertz CT molecular complexity index is 593. The number of piperidine rings is 1. The molecule has 2 amide bonds. The predicted octanol–water partition coefficient (Wildman–Crippen LogP) is 2.16. The molecule has 1 aliphatic heterocycles. The lowest BCUT2D eigenvalue weighted by molar-refractivity contribution is -0.133. The van der Waals surface area contributed by atoms with E-state index >= 15 is 0 Å². The number of rotatable bonds is 1. The van der Waals surface area contributed by atoms with Crippen LogP contribution < -0.4 is 4.90 Å². The molecule has 0 aromatic heterocycles. The van der Waals surface area contributed by atoms with E-state index in [2.05, 4.69) is 6.07 Å². The van der Waals surface area contributed by atoms with E-state index in [9.17, 15) is 9.59 Å². The van der Waals surface area contributed by atoms with Crippen molar-refractivity contribution in [2.24, 2.45) is 11.8 Å². The standard InChI is InChI=1S/C15H14N2O2/c1-9-2-3-10(8-16)6-13(9)17-14(18)11-4-5-12(7-11)15(17)19/h2-3,6,11-12H,4-5,7H2,1H3. The summed E-state index contributed by atoms with van der Waals surface area (Å²) in [6.07, 6.45) is 2.32. The highest BCUT2D eigenvalue weighted by atomic mass is 16.2. The Morgan fingerprint density at radius 1 is 1.21 bits per heavy atom. The number of hydrogen-bond donors (Lipinski definition) is 0. The topological polar surface area (TPSA) is 61.2 Å². The third-order valence-corrected chi connectivity index (χ3v) is 4.15. The third-order valence-electron chi connectivity index (χ3n) is 4.15. The number of nitriles is 1. The number of hydrogen-bond acceptors (Lipinski definition) is 3. The molecule has 3 rings (SSSR count). The first-order valence-electron chi connectivity index (χ1n) is 6.50. The lowest BCUT2D eigenvalue weighted by Gasteiger charge is -2.30. The second-order valence-electron chi connectivity index (χ2n) is 5.33. The Kier molecular flexibility index (Phi) is 2.63. The van der Waals surface area contributed by atoms with E-state index in [1.807, 2.05) is 6.92 Å². The fraction of sp³-hybridized carbons (Fsp3) is 0.400. The highest BCUT2D eigenvalue weighted by molar-refractivity contribution is 6.19. The molecule has 2 bridgehead atoms. The van der Waals surface area contributed by atoms with Gasteiger partial charge in [0.2, 0.25) is 11.8 Å². The molecule has 1 aromatic rings. The van der Waals surface area contributed by atoms with Gasteiger partial charge in [-0.05, 0) is 43.9 Å². The van der Waals surface area contributed by atoms with Crippen LogP contribution in [0.3, 0.4) is 0 Å². The van der Waals surface area contributed by atoms with Crippen LogP contribution in [0.5, 0.6) is 0 Å². The number of carbonyl (C=O) groups excluding carboxylic acids is 2. The fourth-order valence-electron chi connectivity index (χ4n) is 3.06. The highest BCUT2D eigenvalue weighted by Crippen LogP contribution is 2.40. The van der Waals surface area contributed by atoms with Crippen LogP contribution in [0.15, 0.2) is 18.2 Å². The van der Waals surface area contributed by atoms with Crippen molar-refractivity contribution in [1.29, 1.82) is 5.26 Å². The van der Waals surface area contributed by atoms with Crippen LogP contribution in [0.1, 0.15) is 30.4 Å². The number of carbonyl (C=O) groups is 2. The van der Waals surface area contributed by atoms with Crippen LogP contribution >= 0.6 is 0 Å². The second kappa shape index (κ2) is 4.20. The molecular weight excluding hydrogens is 240 g/mol. The number of amides is 2. The number of aryl methyl sites for hydroxylation is 1. The van der Waals surface area contributed by atoms with E-state index in [0.29, 0.717) is 17.7 Å². The summed E-state index contributed by atoms with van der Waals surface area (Å²) >= 11 is 0. The molecule has 0 radical (unpaired) electrons. The van der Waals surface area contributed by atoms with E-state index in [0.717, 1.165) is 18.4 Å². The fourth-order valence-corrected chi connectivity index (χ4v) is 3.06. The van der Waals surface area contributed by atoms with Crippen molar-refractivity contribution in [2.45, 2.75) is 26.2 Å². The third kappa shape index (κ3) is 1.74. The van der Waals surface area contributed by atoms with E-state index in [1.165, 1.54) is 4.90 Å². The van der Waals surface area contributed by atoms with Crippen LogP contribution in [-0.4, -0.2) is 11.8 Å². The highest BCUT2D eigenvalue weighted by Gasteiger charge is 2.46. The van der Waals surface area contributed by atoms with Crippen LogP contribution in [0, 0.1) is 30.1 Å². The molecule has 2 unspecified atom stereocenters. The number of fused-ring (bicyclic) bond motifs is 2. The van der Waals surface area contributed by atoms with Crippen molar-refractivity contribution in [3.05, 3.63) is 29.3 Å². The predicted molar refractivity (Wildman–Crippen MR) is 69.2 cm³/mol. The SMILES string of the molecule is Cc1ccc(C#N)cc1N1C(=O)C2CCC(C2)C1=O. The quantitative estimate of drug-likeness (QED) is 0.721. The average Bonchev–Trinajstić information content (AvgIpc) is 2.86. The maximum atomic E-state index is 12.4. The van der Waals surface area contributed by atoms with Crippen LogP contribution in [0.2, 0.25) is 0 Å². The Morgan fingerprint density at radius 3 is 2.42 bits per heavy atom. The Labute approximate surface area is 111 Å². The first-order valence-corrected chi connectivity index (χ1v) is 6.50. The van der Waals surface area contributed by atoms with Crippen molar-refractivity contribution >= 4 is 17.5 Å². The molecule has 1 saturated heterocycles. The molecular formula is C15H14N2O2. The zero-order valence-electron chi connectivity index (χ0n) is 10.7. The van der Waals surface area contributed by atoms with Crippen LogP contribution in [0.25, 0.3) is 0 Å². The van der Waals surface area contributed by atoms with E-state index in [-0.39, 0.29) is 23.7 Å². The normalized spacial score (nSPS) is 25.6. The molecule has 2 atom stereocenters. The summed E-state index contributed by atoms with van der Waals surface area (Å²) in [7, 11) is 0. The maximum absolute atomic E-state index is 12.4. The van der Waals surface area contributed by atoms with Gasteiger partial charge in [0.25, 0.3) is 0 Å². The summed E-state index contributed by atoms with van der Waals surface area (Å²) in [5.41, 5.74) is 1.90. The van der Waals surface area contributed by atoms with Gasteiger partial charge in [0.15, 0.2) is 0 Å². The minimum atomic E-state index is -0.100. The zero-order valence-corrected chi connectivity index (χ0v) is 10.7. The Morgan fingerprint density at radius 2 is 1.84 bits per heavy atom. The first kappa shape index (κ1) is 11.9. The largest absolute Gasteiger partial charge is 0.274 e. The van der Waals surface area contributed by atoms with Crippen LogP contribution in [0.4, 0.5) is 5.69 Å². The molecule has 96 valence electrons. The van der Waals surface area contributed by atoms with Gasteiger partial charge in [-0.2, -0.15) is 5.26 Å². The van der Waals surface area contributed by atoms with Crippen molar-refractivity contribution < 1.29 is 9.59 Å². The van der Waals surface area contributed by atoms with Gasteiger partial charge in [0.05, 0.1) is 17.3 Å². The molecule has 0 spiro atoms. The van der Waals surface area contributed by atoms with Gasteiger partial charge in [-0.15, -0.1) is 0 Å². The van der Waals surface area contributed by atoms with Crippen LogP contribution in [-0.2, 0) is 9.59 Å². The molecule has 2 fully saturated rings. The number of imide groups is 1. The van der Waals surface area contributed by atoms with Crippen molar-refractivity contribution in [1.82, 2.24) is 0 Å². The van der Waals surface area contributed by atoms with E-state index in [4.69, 9.17) is 5.26 Å². The summed E-state index contributed by atoms with van der Waals surface area (Å²) in [5, 5.41) is 8.96. The molecule has 1 aliphatic carbocycles. The summed E-state index contributed by atoms with van der Waals surface area (Å²) in [4.78, 5) is 26.0. The lowest BCUT2D eigenvalue weighted by atomic mass is 9.95. The zero-order chi connectivity index (χ0) is 13.6. The van der Waals surface area contributed by atoms with Gasteiger partial charge in [-0.25, -0.2) is 4.90 Å². The van der Waals surface area contributed by atoms with Gasteiger partial charge in [0.1, 0.15) is 0 Å². The molecule has 2 aliphatic rings. The molecule has 1 heterocycles. The number of anilines is 1. The molecule has 19 heavy (non-hydrogen) atoms. The maximum Gasteiger partial charge on any atom is 0.236 e. The summed E-state index contributed by atoms with van der Waals surface area (Å²) in [5.74, 6) is -0.241. The first-order chi connectivity index (χ1) is 9.11. The van der Waals surface area contributed by atoms with Gasteiger partial charge < -0.3 is 0 Å². The monoisotopic (exact) mass is 254 g/mol. The van der Waals surface area contributed by atoms with E-state index in [1.54, 1.807) is 18.2 Å². The summed E-state index contributed by atoms with van der Waals surface area (Å²) in [6.45, 7) is 1.85. The summed E-state index contributed by atoms with van der Waals surface area (Å²) in [6, 6.07) is 7.17. The number of nitrogens with zero attached hydrogens (tertiary/aromatic N) is 2. The van der Waals surface area contributed by atoms with E-state index < -0.39 is 0 Å². The van der Waals surface area contributed by atoms with Crippen molar-refractivity contribution in [3.63, 3.8) is 0 Å². The van der Waals surface area contributed by atoms with Gasteiger partial charge >= 0.3 is 0 Å². The molecule has 0 N–H and O–H groups in total.